The molecule has 114 valence electrons. The molecule has 0 aromatic heterocycles. The molecule has 1 amide bonds. The number of carbonyl (C=O) groups is 2. The molecule has 1 aromatic carbocycles. The maximum atomic E-state index is 12.1. The lowest BCUT2D eigenvalue weighted by atomic mass is 10.1. The summed E-state index contributed by atoms with van der Waals surface area (Å²) in [5.74, 6) is -0.923. The molecule has 0 spiro atoms. The fourth-order valence-electron chi connectivity index (χ4n) is 2.82. The minimum Gasteiger partial charge on any atom is -0.303 e. The lowest BCUT2D eigenvalue weighted by Crippen LogP contribution is -2.43. The van der Waals surface area contributed by atoms with Crippen molar-refractivity contribution in [2.75, 3.05) is 18.0 Å². The van der Waals surface area contributed by atoms with E-state index in [0.717, 1.165) is 6.54 Å². The van der Waals surface area contributed by atoms with Crippen molar-refractivity contribution in [2.24, 2.45) is 0 Å². The summed E-state index contributed by atoms with van der Waals surface area (Å²) in [5, 5.41) is 0.475. The van der Waals surface area contributed by atoms with Gasteiger partial charge in [0.1, 0.15) is 0 Å². The summed E-state index contributed by atoms with van der Waals surface area (Å²) < 4.78 is 0. The highest BCUT2D eigenvalue weighted by atomic mass is 35.5. The van der Waals surface area contributed by atoms with Gasteiger partial charge in [-0.3, -0.25) is 14.5 Å². The van der Waals surface area contributed by atoms with E-state index in [1.54, 1.807) is 23.1 Å². The smallest absolute Gasteiger partial charge is 0.299 e. The van der Waals surface area contributed by atoms with E-state index in [-0.39, 0.29) is 0 Å². The molecule has 0 N–H and O–H groups in total. The Labute approximate surface area is 130 Å². The lowest BCUT2D eigenvalue weighted by Gasteiger charge is -2.32. The Morgan fingerprint density at radius 3 is 2.33 bits per heavy atom. The molecule has 0 fully saturated rings. The Morgan fingerprint density at radius 2 is 1.76 bits per heavy atom. The van der Waals surface area contributed by atoms with Crippen LogP contribution in [0.2, 0.25) is 5.02 Å². The van der Waals surface area contributed by atoms with Crippen LogP contribution in [-0.2, 0) is 4.79 Å². The minimum absolute atomic E-state index is 0.392. The fraction of sp³-hybridized carbons (Fsp3) is 0.500. The first-order valence-corrected chi connectivity index (χ1v) is 7.62. The van der Waals surface area contributed by atoms with Crippen LogP contribution in [0.1, 0.15) is 38.1 Å². The topological polar surface area (TPSA) is 40.6 Å². The number of nitrogens with zero attached hydrogens (tertiary/aromatic N) is 2. The van der Waals surface area contributed by atoms with Gasteiger partial charge in [0.05, 0.1) is 11.3 Å². The Balaban J connectivity index is 2.19. The van der Waals surface area contributed by atoms with Crippen molar-refractivity contribution in [2.45, 2.75) is 39.8 Å². The largest absolute Gasteiger partial charge is 0.303 e. The Kier molecular flexibility index (Phi) is 4.69. The average Bonchev–Trinajstić information content (AvgIpc) is 2.63. The van der Waals surface area contributed by atoms with Gasteiger partial charge in [0.2, 0.25) is 0 Å². The number of rotatable bonds is 5. The fourth-order valence-corrected chi connectivity index (χ4v) is 2.99. The quantitative estimate of drug-likeness (QED) is 0.785. The number of benzene rings is 1. The van der Waals surface area contributed by atoms with Crippen LogP contribution >= 0.6 is 11.6 Å². The van der Waals surface area contributed by atoms with Crippen LogP contribution in [0.5, 0.6) is 0 Å². The predicted octanol–water partition coefficient (Wildman–Crippen LogP) is 2.99. The first-order chi connectivity index (χ1) is 9.82. The molecular weight excluding hydrogens is 288 g/mol. The van der Waals surface area contributed by atoms with Gasteiger partial charge in [-0.1, -0.05) is 11.6 Å². The van der Waals surface area contributed by atoms with E-state index < -0.39 is 11.7 Å². The van der Waals surface area contributed by atoms with Crippen LogP contribution in [0.3, 0.4) is 0 Å². The van der Waals surface area contributed by atoms with E-state index in [9.17, 15) is 9.59 Å². The molecule has 0 atom stereocenters. The molecule has 1 heterocycles. The molecular formula is C16H21ClN2O2. The van der Waals surface area contributed by atoms with Crippen LogP contribution in [0.4, 0.5) is 5.69 Å². The molecule has 1 aliphatic heterocycles. The van der Waals surface area contributed by atoms with Crippen molar-refractivity contribution >= 4 is 29.0 Å². The molecule has 5 heteroatoms. The standard InChI is InChI=1S/C16H21ClN2O2/c1-10(2)18(11(3)4)7-8-19-14-6-5-12(17)9-13(14)15(20)16(19)21/h5-6,9-11H,7-8H2,1-4H3. The van der Waals surface area contributed by atoms with E-state index in [1.165, 1.54) is 0 Å². The number of hydrogen-bond acceptors (Lipinski definition) is 3. The van der Waals surface area contributed by atoms with Crippen molar-refractivity contribution in [1.82, 2.24) is 4.90 Å². The summed E-state index contributed by atoms with van der Waals surface area (Å²) in [6, 6.07) is 5.81. The number of halogens is 1. The number of hydrogen-bond donors (Lipinski definition) is 0. The zero-order chi connectivity index (χ0) is 15.7. The third-order valence-corrected chi connectivity index (χ3v) is 4.08. The number of fused-ring (bicyclic) bond motifs is 1. The lowest BCUT2D eigenvalue weighted by molar-refractivity contribution is -0.114. The predicted molar refractivity (Wildman–Crippen MR) is 85.1 cm³/mol. The van der Waals surface area contributed by atoms with E-state index >= 15 is 0 Å². The molecule has 1 aliphatic rings. The first-order valence-electron chi connectivity index (χ1n) is 7.24. The Bertz CT molecular complexity index is 561. The summed E-state index contributed by atoms with van der Waals surface area (Å²) >= 11 is 5.90. The van der Waals surface area contributed by atoms with Gasteiger partial charge in [-0.15, -0.1) is 0 Å². The van der Waals surface area contributed by atoms with Gasteiger partial charge in [0.15, 0.2) is 0 Å². The van der Waals surface area contributed by atoms with Gasteiger partial charge in [0.25, 0.3) is 11.7 Å². The van der Waals surface area contributed by atoms with Crippen molar-refractivity contribution in [1.29, 1.82) is 0 Å². The number of amides is 1. The van der Waals surface area contributed by atoms with Gasteiger partial charge in [-0.25, -0.2) is 0 Å². The zero-order valence-electron chi connectivity index (χ0n) is 12.9. The highest BCUT2D eigenvalue weighted by molar-refractivity contribution is 6.52. The van der Waals surface area contributed by atoms with Crippen LogP contribution in [-0.4, -0.2) is 41.8 Å². The van der Waals surface area contributed by atoms with Crippen LogP contribution < -0.4 is 4.90 Å². The SMILES string of the molecule is CC(C)N(CCN1C(=O)C(=O)c2cc(Cl)ccc21)C(C)C. The number of ketones is 1. The third-order valence-electron chi connectivity index (χ3n) is 3.84. The second-order valence-electron chi connectivity index (χ2n) is 5.87. The normalized spacial score (nSPS) is 14.8. The summed E-state index contributed by atoms with van der Waals surface area (Å²) in [6.45, 7) is 9.76. The second-order valence-corrected chi connectivity index (χ2v) is 6.31. The molecule has 0 bridgehead atoms. The zero-order valence-corrected chi connectivity index (χ0v) is 13.6. The second kappa shape index (κ2) is 6.16. The third kappa shape index (κ3) is 3.11. The van der Waals surface area contributed by atoms with E-state index in [0.29, 0.717) is 34.9 Å². The molecule has 0 aliphatic carbocycles. The van der Waals surface area contributed by atoms with Gasteiger partial charge < -0.3 is 4.90 Å². The summed E-state index contributed by atoms with van der Waals surface area (Å²) in [7, 11) is 0. The van der Waals surface area contributed by atoms with Crippen LogP contribution in [0.25, 0.3) is 0 Å². The first kappa shape index (κ1) is 16.0. The molecule has 0 unspecified atom stereocenters. The Hall–Kier alpha value is -1.39. The highest BCUT2D eigenvalue weighted by Crippen LogP contribution is 2.31. The van der Waals surface area contributed by atoms with Gasteiger partial charge >= 0.3 is 0 Å². The molecule has 4 nitrogen and oxygen atoms in total. The van der Waals surface area contributed by atoms with Gasteiger partial charge in [-0.2, -0.15) is 0 Å². The van der Waals surface area contributed by atoms with Crippen LogP contribution in [0, 0.1) is 0 Å². The molecule has 0 radical (unpaired) electrons. The van der Waals surface area contributed by atoms with Crippen molar-refractivity contribution in [3.8, 4) is 0 Å². The van der Waals surface area contributed by atoms with Crippen LogP contribution in [0.15, 0.2) is 18.2 Å². The number of carbonyl (C=O) groups excluding carboxylic acids is 2. The molecule has 2 rings (SSSR count). The molecule has 0 saturated heterocycles. The summed E-state index contributed by atoms with van der Waals surface area (Å²) in [4.78, 5) is 28.0. The van der Waals surface area contributed by atoms with Gasteiger partial charge in [-0.05, 0) is 45.9 Å². The molecule has 1 aromatic rings. The van der Waals surface area contributed by atoms with E-state index in [1.807, 2.05) is 0 Å². The highest BCUT2D eigenvalue weighted by Gasteiger charge is 2.36. The molecule has 0 saturated carbocycles. The average molecular weight is 309 g/mol. The maximum absolute atomic E-state index is 12.1. The van der Waals surface area contributed by atoms with E-state index in [2.05, 4.69) is 32.6 Å². The van der Waals surface area contributed by atoms with Crippen molar-refractivity contribution < 1.29 is 9.59 Å². The minimum atomic E-state index is -0.465. The Morgan fingerprint density at radius 1 is 1.14 bits per heavy atom. The number of Topliss-reactive ketones (excluding diaryl/α,β-unsaturated/α-hetero) is 1. The number of anilines is 1. The summed E-state index contributed by atoms with van der Waals surface area (Å²) in [6.07, 6.45) is 0. The monoisotopic (exact) mass is 308 g/mol. The van der Waals surface area contributed by atoms with E-state index in [4.69, 9.17) is 11.6 Å². The maximum Gasteiger partial charge on any atom is 0.299 e. The van der Waals surface area contributed by atoms with Crippen molar-refractivity contribution in [3.05, 3.63) is 28.8 Å². The summed E-state index contributed by atoms with van der Waals surface area (Å²) in [5.41, 5.74) is 1.08. The van der Waals surface area contributed by atoms with Gasteiger partial charge in [0, 0.05) is 30.2 Å². The van der Waals surface area contributed by atoms with Crippen molar-refractivity contribution in [3.63, 3.8) is 0 Å². The molecule has 21 heavy (non-hydrogen) atoms.